The van der Waals surface area contributed by atoms with Gasteiger partial charge in [-0.3, -0.25) is 9.59 Å². The van der Waals surface area contributed by atoms with Crippen molar-refractivity contribution in [2.45, 2.75) is 18.9 Å². The molecule has 0 aliphatic carbocycles. The van der Waals surface area contributed by atoms with Crippen LogP contribution in [-0.2, 0) is 16.0 Å². The van der Waals surface area contributed by atoms with Gasteiger partial charge in [-0.15, -0.1) is 0 Å². The first-order valence-corrected chi connectivity index (χ1v) is 8.99. The third-order valence-corrected chi connectivity index (χ3v) is 4.24. The van der Waals surface area contributed by atoms with Crippen LogP contribution in [0.2, 0.25) is 5.02 Å². The molecule has 0 fully saturated rings. The normalized spacial score (nSPS) is 11.4. The molecule has 8 heteroatoms. The Morgan fingerprint density at radius 1 is 1.07 bits per heavy atom. The first-order chi connectivity index (χ1) is 13.4. The second kappa shape index (κ2) is 10.5. The van der Waals surface area contributed by atoms with Crippen LogP contribution in [0.4, 0.5) is 5.69 Å². The molecule has 2 aromatic rings. The predicted molar refractivity (Wildman–Crippen MR) is 107 cm³/mol. The van der Waals surface area contributed by atoms with Gasteiger partial charge in [0.05, 0.1) is 32.6 Å². The van der Waals surface area contributed by atoms with Gasteiger partial charge in [0.1, 0.15) is 17.9 Å². The molecular formula is C20H23ClN2O5. The fourth-order valence-corrected chi connectivity index (χ4v) is 2.71. The Morgan fingerprint density at radius 2 is 1.79 bits per heavy atom. The van der Waals surface area contributed by atoms with Crippen molar-refractivity contribution in [1.29, 1.82) is 0 Å². The van der Waals surface area contributed by atoms with E-state index in [4.69, 9.17) is 21.1 Å². The molecule has 0 heterocycles. The molecule has 0 saturated heterocycles. The van der Waals surface area contributed by atoms with E-state index in [0.717, 1.165) is 5.56 Å². The maximum atomic E-state index is 12.2. The fraction of sp³-hybridized carbons (Fsp3) is 0.300. The van der Waals surface area contributed by atoms with Crippen LogP contribution in [0, 0.1) is 0 Å². The van der Waals surface area contributed by atoms with Gasteiger partial charge in [0.15, 0.2) is 0 Å². The lowest BCUT2D eigenvalue weighted by Gasteiger charge is -2.17. The highest BCUT2D eigenvalue weighted by atomic mass is 35.5. The monoisotopic (exact) mass is 406 g/mol. The molecule has 2 aromatic carbocycles. The van der Waals surface area contributed by atoms with Gasteiger partial charge in [0.2, 0.25) is 11.8 Å². The van der Waals surface area contributed by atoms with Gasteiger partial charge in [0.25, 0.3) is 0 Å². The number of hydrogen-bond donors (Lipinski definition) is 3. The number of benzene rings is 2. The second-order valence-corrected chi connectivity index (χ2v) is 6.51. The average molecular weight is 407 g/mol. The van der Waals surface area contributed by atoms with Gasteiger partial charge in [0, 0.05) is 11.1 Å². The fourth-order valence-electron chi connectivity index (χ4n) is 2.59. The van der Waals surface area contributed by atoms with Gasteiger partial charge in [-0.25, -0.2) is 0 Å². The lowest BCUT2D eigenvalue weighted by Crippen LogP contribution is -2.40. The van der Waals surface area contributed by atoms with E-state index in [2.05, 4.69) is 10.6 Å². The molecule has 1 atom stereocenters. The van der Waals surface area contributed by atoms with Crippen LogP contribution in [0.15, 0.2) is 42.5 Å². The number of hydrogen-bond acceptors (Lipinski definition) is 5. The second-order valence-electron chi connectivity index (χ2n) is 6.07. The van der Waals surface area contributed by atoms with E-state index >= 15 is 0 Å². The van der Waals surface area contributed by atoms with Crippen molar-refractivity contribution in [2.75, 3.05) is 26.1 Å². The van der Waals surface area contributed by atoms with Crippen LogP contribution >= 0.6 is 11.6 Å². The summed E-state index contributed by atoms with van der Waals surface area (Å²) in [6.07, 6.45) is 0.0413. The van der Waals surface area contributed by atoms with Crippen LogP contribution < -0.4 is 20.1 Å². The molecule has 0 bridgehead atoms. The van der Waals surface area contributed by atoms with Gasteiger partial charge in [-0.2, -0.15) is 0 Å². The molecule has 1 unspecified atom stereocenters. The highest BCUT2D eigenvalue weighted by molar-refractivity contribution is 6.30. The van der Waals surface area contributed by atoms with E-state index < -0.39 is 17.9 Å². The molecule has 2 amide bonds. The Balaban J connectivity index is 1.90. The molecule has 0 aliphatic rings. The van der Waals surface area contributed by atoms with Crippen LogP contribution in [0.1, 0.15) is 12.0 Å². The summed E-state index contributed by atoms with van der Waals surface area (Å²) in [7, 11) is 3.00. The zero-order valence-corrected chi connectivity index (χ0v) is 16.5. The van der Waals surface area contributed by atoms with Crippen molar-refractivity contribution in [3.63, 3.8) is 0 Å². The summed E-state index contributed by atoms with van der Waals surface area (Å²) in [5.74, 6) is 0.0202. The van der Waals surface area contributed by atoms with Gasteiger partial charge in [-0.1, -0.05) is 23.7 Å². The molecule has 0 aromatic heterocycles. The average Bonchev–Trinajstić information content (AvgIpc) is 2.69. The van der Waals surface area contributed by atoms with E-state index in [1.807, 2.05) is 12.1 Å². The lowest BCUT2D eigenvalue weighted by molar-refractivity contribution is -0.127. The number of rotatable bonds is 9. The number of methoxy groups -OCH3 is 2. The summed E-state index contributed by atoms with van der Waals surface area (Å²) in [4.78, 5) is 24.3. The summed E-state index contributed by atoms with van der Waals surface area (Å²) in [5.41, 5.74) is 1.34. The minimum Gasteiger partial charge on any atom is -0.497 e. The van der Waals surface area contributed by atoms with Crippen molar-refractivity contribution in [2.24, 2.45) is 0 Å². The number of aliphatic hydroxyl groups excluding tert-OH is 1. The third kappa shape index (κ3) is 6.44. The van der Waals surface area contributed by atoms with E-state index in [1.54, 1.807) is 30.3 Å². The summed E-state index contributed by atoms with van der Waals surface area (Å²) < 4.78 is 10.3. The number of halogens is 1. The van der Waals surface area contributed by atoms with Crippen molar-refractivity contribution in [3.05, 3.63) is 53.1 Å². The minimum absolute atomic E-state index is 0.248. The number of aliphatic hydroxyl groups is 1. The summed E-state index contributed by atoms with van der Waals surface area (Å²) in [6.45, 7) is -0.248. The topological polar surface area (TPSA) is 96.9 Å². The van der Waals surface area contributed by atoms with E-state index in [-0.39, 0.29) is 13.0 Å². The molecule has 7 nitrogen and oxygen atoms in total. The van der Waals surface area contributed by atoms with Crippen molar-refractivity contribution < 1.29 is 24.2 Å². The molecular weight excluding hydrogens is 384 g/mol. The lowest BCUT2D eigenvalue weighted by atomic mass is 10.1. The van der Waals surface area contributed by atoms with Crippen molar-refractivity contribution >= 4 is 29.1 Å². The summed E-state index contributed by atoms with van der Waals surface area (Å²) >= 11 is 5.85. The Morgan fingerprint density at radius 3 is 2.39 bits per heavy atom. The van der Waals surface area contributed by atoms with E-state index in [9.17, 15) is 14.7 Å². The molecule has 0 radical (unpaired) electrons. The number of nitrogens with one attached hydrogen (secondary N) is 2. The maximum Gasteiger partial charge on any atom is 0.233 e. The van der Waals surface area contributed by atoms with Gasteiger partial charge >= 0.3 is 0 Å². The Hall–Kier alpha value is -2.77. The highest BCUT2D eigenvalue weighted by Gasteiger charge is 2.16. The maximum absolute atomic E-state index is 12.2. The first-order valence-electron chi connectivity index (χ1n) is 8.61. The molecule has 0 spiro atoms. The SMILES string of the molecule is COc1ccc(NC(=O)CC(=O)NC(CO)Cc2ccc(Cl)cc2)c(OC)c1. The zero-order valence-electron chi connectivity index (χ0n) is 15.7. The summed E-state index contributed by atoms with van der Waals surface area (Å²) in [6, 6.07) is 11.5. The van der Waals surface area contributed by atoms with Crippen LogP contribution in [0.5, 0.6) is 11.5 Å². The largest absolute Gasteiger partial charge is 0.497 e. The van der Waals surface area contributed by atoms with Crippen LogP contribution in [0.3, 0.4) is 0 Å². The number of anilines is 1. The van der Waals surface area contributed by atoms with Gasteiger partial charge in [-0.05, 0) is 36.2 Å². The van der Waals surface area contributed by atoms with Gasteiger partial charge < -0.3 is 25.2 Å². The molecule has 28 heavy (non-hydrogen) atoms. The van der Waals surface area contributed by atoms with Crippen LogP contribution in [-0.4, -0.2) is 43.8 Å². The number of amides is 2. The summed E-state index contributed by atoms with van der Waals surface area (Å²) in [5, 5.41) is 15.4. The Labute approximate surface area is 168 Å². The Bertz CT molecular complexity index is 811. The van der Waals surface area contributed by atoms with E-state index in [0.29, 0.717) is 28.6 Å². The van der Waals surface area contributed by atoms with Crippen LogP contribution in [0.25, 0.3) is 0 Å². The number of ether oxygens (including phenoxy) is 2. The minimum atomic E-state index is -0.503. The molecule has 3 N–H and O–H groups in total. The molecule has 2 rings (SSSR count). The third-order valence-electron chi connectivity index (χ3n) is 3.98. The quantitative estimate of drug-likeness (QED) is 0.556. The molecule has 150 valence electrons. The van der Waals surface area contributed by atoms with Crippen molar-refractivity contribution in [1.82, 2.24) is 5.32 Å². The smallest absolute Gasteiger partial charge is 0.233 e. The highest BCUT2D eigenvalue weighted by Crippen LogP contribution is 2.29. The molecule has 0 saturated carbocycles. The van der Waals surface area contributed by atoms with Crippen molar-refractivity contribution in [3.8, 4) is 11.5 Å². The standard InChI is InChI=1S/C20H23ClN2O5/c1-27-16-7-8-17(18(10-16)28-2)23-20(26)11-19(25)22-15(12-24)9-13-3-5-14(21)6-4-13/h3-8,10,15,24H,9,11-12H2,1-2H3,(H,22,25)(H,23,26). The Kier molecular flexibility index (Phi) is 8.10. The number of carbonyl (C=O) groups excluding carboxylic acids is 2. The first kappa shape index (κ1) is 21.5. The molecule has 0 aliphatic heterocycles. The number of carbonyl (C=O) groups is 2. The zero-order chi connectivity index (χ0) is 20.5. The van der Waals surface area contributed by atoms with E-state index in [1.165, 1.54) is 14.2 Å². The predicted octanol–water partition coefficient (Wildman–Crippen LogP) is 2.41.